The van der Waals surface area contributed by atoms with E-state index >= 15 is 0 Å². The second-order valence-electron chi connectivity index (χ2n) is 7.29. The molecule has 3 heterocycles. The molecule has 1 saturated heterocycles. The van der Waals surface area contributed by atoms with Gasteiger partial charge in [0.05, 0.1) is 5.69 Å². The maximum Gasteiger partial charge on any atom is 0.224 e. The fraction of sp³-hybridized carbons (Fsp3) is 0.364. The van der Waals surface area contributed by atoms with Crippen molar-refractivity contribution < 1.29 is 9.53 Å². The summed E-state index contributed by atoms with van der Waals surface area (Å²) in [4.78, 5) is 16.7. The number of amides is 1. The molecule has 1 fully saturated rings. The lowest BCUT2D eigenvalue weighted by Gasteiger charge is -2.22. The summed E-state index contributed by atoms with van der Waals surface area (Å²) in [6, 6.07) is 13.4. The molecule has 4 rings (SSSR count). The van der Waals surface area contributed by atoms with Crippen LogP contribution in [-0.4, -0.2) is 28.4 Å². The van der Waals surface area contributed by atoms with Gasteiger partial charge in [0.1, 0.15) is 18.0 Å². The van der Waals surface area contributed by atoms with Gasteiger partial charge in [0, 0.05) is 24.5 Å². The van der Waals surface area contributed by atoms with Gasteiger partial charge in [-0.05, 0) is 74.7 Å². The van der Waals surface area contributed by atoms with E-state index in [4.69, 9.17) is 4.74 Å². The number of rotatable bonds is 7. The minimum Gasteiger partial charge on any atom is -0.487 e. The Morgan fingerprint density at radius 1 is 1.18 bits per heavy atom. The van der Waals surface area contributed by atoms with Crippen molar-refractivity contribution in [2.75, 3.05) is 18.4 Å². The number of hydrogen-bond acceptors (Lipinski definition) is 4. The number of ether oxygens (including phenoxy) is 1. The predicted octanol–water partition coefficient (Wildman–Crippen LogP) is 3.63. The van der Waals surface area contributed by atoms with Crippen molar-refractivity contribution in [1.82, 2.24) is 14.7 Å². The maximum atomic E-state index is 12.2. The Morgan fingerprint density at radius 3 is 2.79 bits per heavy atom. The molecule has 0 bridgehead atoms. The number of imidazole rings is 1. The van der Waals surface area contributed by atoms with E-state index in [9.17, 15) is 4.79 Å². The van der Waals surface area contributed by atoms with Crippen LogP contribution >= 0.6 is 0 Å². The van der Waals surface area contributed by atoms with E-state index in [1.54, 1.807) is 0 Å². The van der Waals surface area contributed by atoms with Crippen molar-refractivity contribution in [1.29, 1.82) is 0 Å². The first-order valence-corrected chi connectivity index (χ1v) is 9.92. The number of hydrogen-bond donors (Lipinski definition) is 2. The van der Waals surface area contributed by atoms with Crippen molar-refractivity contribution in [2.45, 2.75) is 32.3 Å². The lowest BCUT2D eigenvalue weighted by Crippen LogP contribution is -2.28. The summed E-state index contributed by atoms with van der Waals surface area (Å²) < 4.78 is 7.79. The summed E-state index contributed by atoms with van der Waals surface area (Å²) >= 11 is 0. The van der Waals surface area contributed by atoms with Crippen molar-refractivity contribution >= 4 is 17.2 Å². The van der Waals surface area contributed by atoms with E-state index in [1.165, 1.54) is 12.8 Å². The molecule has 0 atom stereocenters. The number of piperidine rings is 1. The maximum absolute atomic E-state index is 12.2. The normalized spacial score (nSPS) is 14.9. The number of aromatic nitrogens is 2. The lowest BCUT2D eigenvalue weighted by molar-refractivity contribution is -0.116. The minimum atomic E-state index is 0.0805. The molecule has 0 saturated carbocycles. The Labute approximate surface area is 164 Å². The summed E-state index contributed by atoms with van der Waals surface area (Å²) in [5.41, 5.74) is 2.58. The van der Waals surface area contributed by atoms with Crippen LogP contribution in [0.2, 0.25) is 0 Å². The number of carbonyl (C=O) groups is 1. The van der Waals surface area contributed by atoms with Gasteiger partial charge in [-0.25, -0.2) is 4.98 Å². The Balaban J connectivity index is 1.24. The molecule has 6 heteroatoms. The average Bonchev–Trinajstić information content (AvgIpc) is 3.16. The average molecular weight is 378 g/mol. The Bertz CT molecular complexity index is 881. The third-order valence-electron chi connectivity index (χ3n) is 5.18. The van der Waals surface area contributed by atoms with E-state index in [0.717, 1.165) is 42.3 Å². The highest BCUT2D eigenvalue weighted by Crippen LogP contribution is 2.20. The number of nitrogens with one attached hydrogen (secondary N) is 2. The van der Waals surface area contributed by atoms with Gasteiger partial charge in [0.25, 0.3) is 0 Å². The zero-order chi connectivity index (χ0) is 19.2. The molecular formula is C22H26N4O2. The van der Waals surface area contributed by atoms with Gasteiger partial charge < -0.3 is 19.8 Å². The predicted molar refractivity (Wildman–Crippen MR) is 109 cm³/mol. The van der Waals surface area contributed by atoms with Gasteiger partial charge >= 0.3 is 0 Å². The highest BCUT2D eigenvalue weighted by atomic mass is 16.5. The topological polar surface area (TPSA) is 67.7 Å². The SMILES string of the molecule is O=C(CCC1CCNCC1)Nc1ccc(OCc2cn3ccccc3n2)cc1. The standard InChI is InChI=1S/C22H26N4O2/c27-22(9-4-17-10-12-23-13-11-17)25-18-5-7-20(8-6-18)28-16-19-15-26-14-2-1-3-21(26)24-19/h1-3,5-8,14-15,17,23H,4,9-13,16H2,(H,25,27). The smallest absolute Gasteiger partial charge is 0.224 e. The first kappa shape index (κ1) is 18.5. The summed E-state index contributed by atoms with van der Waals surface area (Å²) in [6.45, 7) is 2.55. The van der Waals surface area contributed by atoms with Crippen LogP contribution in [0.25, 0.3) is 5.65 Å². The highest BCUT2D eigenvalue weighted by Gasteiger charge is 2.14. The van der Waals surface area contributed by atoms with E-state index < -0.39 is 0 Å². The summed E-state index contributed by atoms with van der Waals surface area (Å²) in [6.07, 6.45) is 7.82. The van der Waals surface area contributed by atoms with Crippen LogP contribution in [0.1, 0.15) is 31.4 Å². The summed E-state index contributed by atoms with van der Waals surface area (Å²) in [7, 11) is 0. The Hall–Kier alpha value is -2.86. The van der Waals surface area contributed by atoms with E-state index in [-0.39, 0.29) is 5.91 Å². The number of benzene rings is 1. The molecule has 0 aliphatic carbocycles. The van der Waals surface area contributed by atoms with Crippen molar-refractivity contribution in [3.05, 3.63) is 60.6 Å². The van der Waals surface area contributed by atoms with E-state index in [0.29, 0.717) is 18.9 Å². The van der Waals surface area contributed by atoms with Gasteiger partial charge in [0.2, 0.25) is 5.91 Å². The molecule has 6 nitrogen and oxygen atoms in total. The molecule has 146 valence electrons. The number of fused-ring (bicyclic) bond motifs is 1. The van der Waals surface area contributed by atoms with Gasteiger partial charge in [-0.1, -0.05) is 6.07 Å². The molecule has 1 amide bonds. The van der Waals surface area contributed by atoms with Gasteiger partial charge in [-0.15, -0.1) is 0 Å². The zero-order valence-electron chi connectivity index (χ0n) is 15.9. The van der Waals surface area contributed by atoms with Crippen LogP contribution < -0.4 is 15.4 Å². The first-order chi connectivity index (χ1) is 13.8. The first-order valence-electron chi connectivity index (χ1n) is 9.92. The van der Waals surface area contributed by atoms with Gasteiger partial charge in [0.15, 0.2) is 0 Å². The minimum absolute atomic E-state index is 0.0805. The van der Waals surface area contributed by atoms with Crippen LogP contribution in [0, 0.1) is 5.92 Å². The van der Waals surface area contributed by atoms with Crippen LogP contribution in [-0.2, 0) is 11.4 Å². The van der Waals surface area contributed by atoms with Crippen LogP contribution in [0.4, 0.5) is 5.69 Å². The van der Waals surface area contributed by atoms with Crippen LogP contribution in [0.15, 0.2) is 54.9 Å². The van der Waals surface area contributed by atoms with Gasteiger partial charge in [-0.3, -0.25) is 4.79 Å². The van der Waals surface area contributed by atoms with E-state index in [2.05, 4.69) is 15.6 Å². The molecule has 28 heavy (non-hydrogen) atoms. The van der Waals surface area contributed by atoms with Crippen molar-refractivity contribution in [3.8, 4) is 5.75 Å². The third kappa shape index (κ3) is 4.89. The summed E-state index contributed by atoms with van der Waals surface area (Å²) in [5.74, 6) is 1.50. The molecule has 2 aromatic heterocycles. The molecule has 0 spiro atoms. The second kappa shape index (κ2) is 8.89. The largest absolute Gasteiger partial charge is 0.487 e. The van der Waals surface area contributed by atoms with Crippen molar-refractivity contribution in [2.24, 2.45) is 5.92 Å². The summed E-state index contributed by atoms with van der Waals surface area (Å²) in [5, 5.41) is 6.33. The third-order valence-corrected chi connectivity index (χ3v) is 5.18. The quantitative estimate of drug-likeness (QED) is 0.659. The zero-order valence-corrected chi connectivity index (χ0v) is 15.9. The Kier molecular flexibility index (Phi) is 5.87. The fourth-order valence-electron chi connectivity index (χ4n) is 3.58. The Morgan fingerprint density at radius 2 is 2.00 bits per heavy atom. The molecule has 2 N–H and O–H groups in total. The van der Waals surface area contributed by atoms with Gasteiger partial charge in [-0.2, -0.15) is 0 Å². The monoisotopic (exact) mass is 378 g/mol. The molecule has 0 radical (unpaired) electrons. The molecule has 3 aromatic rings. The molecule has 0 unspecified atom stereocenters. The highest BCUT2D eigenvalue weighted by molar-refractivity contribution is 5.90. The van der Waals surface area contributed by atoms with Crippen LogP contribution in [0.3, 0.4) is 0 Å². The lowest BCUT2D eigenvalue weighted by atomic mass is 9.93. The fourth-order valence-corrected chi connectivity index (χ4v) is 3.58. The van der Waals surface area contributed by atoms with Crippen LogP contribution in [0.5, 0.6) is 5.75 Å². The molecule has 1 aliphatic rings. The van der Waals surface area contributed by atoms with Crippen molar-refractivity contribution in [3.63, 3.8) is 0 Å². The molecule has 1 aromatic carbocycles. The number of nitrogens with zero attached hydrogens (tertiary/aromatic N) is 2. The number of carbonyl (C=O) groups excluding carboxylic acids is 1. The van der Waals surface area contributed by atoms with E-state index in [1.807, 2.05) is 59.3 Å². The number of pyridine rings is 1. The molecule has 1 aliphatic heterocycles. The second-order valence-corrected chi connectivity index (χ2v) is 7.29. The molecular weight excluding hydrogens is 352 g/mol. The number of anilines is 1.